The Labute approximate surface area is 279 Å². The third-order valence-corrected chi connectivity index (χ3v) is 9.64. The highest BCUT2D eigenvalue weighted by atomic mass is 79.9. The van der Waals surface area contributed by atoms with E-state index in [2.05, 4.69) is 15.9 Å². The normalized spacial score (nSPS) is 19.0. The first kappa shape index (κ1) is 32.5. The minimum Gasteiger partial charge on any atom is -0.492 e. The molecule has 3 aromatic carbocycles. The van der Waals surface area contributed by atoms with E-state index >= 15 is 0 Å². The number of aryl methyl sites for hydroxylation is 1. The molecule has 12 heteroatoms. The number of benzene rings is 3. The summed E-state index contributed by atoms with van der Waals surface area (Å²) in [5, 5.41) is 20.1. The second-order valence-corrected chi connectivity index (χ2v) is 13.0. The number of carbonyl (C=O) groups is 3. The first-order valence-corrected chi connectivity index (χ1v) is 16.3. The molecule has 2 aliphatic heterocycles. The van der Waals surface area contributed by atoms with Gasteiger partial charge in [0.2, 0.25) is 0 Å². The van der Waals surface area contributed by atoms with E-state index in [0.717, 1.165) is 24.0 Å². The average Bonchev–Trinajstić information content (AvgIpc) is 3.89. The summed E-state index contributed by atoms with van der Waals surface area (Å²) in [6.07, 6.45) is 0.601. The van der Waals surface area contributed by atoms with Crippen LogP contribution in [-0.2, 0) is 17.8 Å². The van der Waals surface area contributed by atoms with E-state index in [4.69, 9.17) is 4.74 Å². The van der Waals surface area contributed by atoms with E-state index in [-0.39, 0.29) is 43.5 Å². The highest BCUT2D eigenvalue weighted by molar-refractivity contribution is 9.10. The lowest BCUT2D eigenvalue weighted by Crippen LogP contribution is -2.65. The summed E-state index contributed by atoms with van der Waals surface area (Å²) in [4.78, 5) is 43.1. The predicted octanol–water partition coefficient (Wildman–Crippen LogP) is 6.80. The molecule has 3 amide bonds. The fourth-order valence-corrected chi connectivity index (χ4v) is 6.90. The van der Waals surface area contributed by atoms with Crippen LogP contribution in [0.2, 0.25) is 0 Å². The number of hydrogen-bond donors (Lipinski definition) is 2. The summed E-state index contributed by atoms with van der Waals surface area (Å²) in [6, 6.07) is 16.4. The van der Waals surface area contributed by atoms with E-state index in [0.29, 0.717) is 40.8 Å². The highest BCUT2D eigenvalue weighted by Crippen LogP contribution is 2.41. The molecule has 47 heavy (non-hydrogen) atoms. The van der Waals surface area contributed by atoms with E-state index in [1.807, 2.05) is 24.3 Å². The van der Waals surface area contributed by atoms with Crippen LogP contribution in [0.25, 0.3) is 5.57 Å². The maximum Gasteiger partial charge on any atom is 0.408 e. The zero-order valence-electron chi connectivity index (χ0n) is 25.4. The van der Waals surface area contributed by atoms with E-state index in [9.17, 15) is 33.4 Å². The molecule has 1 saturated carbocycles. The topological polar surface area (TPSA) is 111 Å². The van der Waals surface area contributed by atoms with E-state index in [1.165, 1.54) is 28.0 Å². The van der Waals surface area contributed by atoms with Gasteiger partial charge < -0.3 is 24.7 Å². The summed E-state index contributed by atoms with van der Waals surface area (Å²) in [5.41, 5.74) is 3.04. The fourth-order valence-electron chi connectivity index (χ4n) is 6.54. The molecule has 0 aromatic heterocycles. The van der Waals surface area contributed by atoms with Crippen LogP contribution in [0.5, 0.6) is 5.75 Å². The molecule has 3 aliphatic rings. The van der Waals surface area contributed by atoms with Gasteiger partial charge in [0, 0.05) is 42.9 Å². The molecule has 2 N–H and O–H groups in total. The van der Waals surface area contributed by atoms with Gasteiger partial charge in [0.05, 0.1) is 23.2 Å². The van der Waals surface area contributed by atoms with Gasteiger partial charge in [-0.3, -0.25) is 9.69 Å². The molecular formula is C35H34BrF2N3O6. The molecule has 0 unspecified atom stereocenters. The molecule has 0 spiro atoms. The number of amides is 3. The van der Waals surface area contributed by atoms with Gasteiger partial charge in [-0.2, -0.15) is 0 Å². The summed E-state index contributed by atoms with van der Waals surface area (Å²) in [7, 11) is 0. The molecule has 2 fully saturated rings. The van der Waals surface area contributed by atoms with Crippen molar-refractivity contribution in [2.45, 2.75) is 56.8 Å². The predicted molar refractivity (Wildman–Crippen MR) is 173 cm³/mol. The lowest BCUT2D eigenvalue weighted by molar-refractivity contribution is -0.129. The molecule has 1 aliphatic carbocycles. The number of piperazine rings is 1. The van der Waals surface area contributed by atoms with Crippen LogP contribution in [0, 0.1) is 11.6 Å². The van der Waals surface area contributed by atoms with Crippen molar-refractivity contribution in [1.29, 1.82) is 0 Å². The molecule has 246 valence electrons. The van der Waals surface area contributed by atoms with Gasteiger partial charge in [0.25, 0.3) is 5.91 Å². The number of nitrogens with zero attached hydrogens (tertiary/aromatic N) is 3. The van der Waals surface area contributed by atoms with E-state index in [1.54, 1.807) is 29.2 Å². The number of fused-ring (bicyclic) bond motifs is 2. The van der Waals surface area contributed by atoms with Gasteiger partial charge >= 0.3 is 12.2 Å². The SMILES string of the molecule is O=C(O)N1C[C@H]2CC(c3ccc(CCCOc4cc(F)ccc4Br)cc3)=C(C(=O)N(Cc3ccccc3F)C3CC3)[C@@H](C1)N2C(=O)O. The molecule has 2 heterocycles. The fraction of sp³-hybridized carbons (Fsp3) is 0.343. The second kappa shape index (κ2) is 13.7. The van der Waals surface area contributed by atoms with E-state index < -0.39 is 36.0 Å². The van der Waals surface area contributed by atoms with Crippen molar-refractivity contribution in [1.82, 2.24) is 14.7 Å². The Bertz CT molecular complexity index is 1710. The number of carbonyl (C=O) groups excluding carboxylic acids is 1. The van der Waals surface area contributed by atoms with Crippen molar-refractivity contribution in [3.63, 3.8) is 0 Å². The van der Waals surface area contributed by atoms with Gasteiger partial charge in [-0.1, -0.05) is 42.5 Å². The maximum absolute atomic E-state index is 14.7. The Morgan fingerprint density at radius 2 is 1.70 bits per heavy atom. The number of hydrogen-bond acceptors (Lipinski definition) is 4. The van der Waals surface area contributed by atoms with Crippen molar-refractivity contribution >= 4 is 39.6 Å². The molecule has 3 aromatic rings. The van der Waals surface area contributed by atoms with Crippen molar-refractivity contribution in [3.05, 3.63) is 105 Å². The monoisotopic (exact) mass is 709 g/mol. The zero-order valence-corrected chi connectivity index (χ0v) is 27.0. The zero-order chi connectivity index (χ0) is 33.2. The third-order valence-electron chi connectivity index (χ3n) is 8.98. The average molecular weight is 711 g/mol. The minimum absolute atomic E-state index is 0.00974. The summed E-state index contributed by atoms with van der Waals surface area (Å²) in [5.74, 6) is -0.792. The summed E-state index contributed by atoms with van der Waals surface area (Å²) < 4.78 is 34.7. The third kappa shape index (κ3) is 7.12. The Hall–Kier alpha value is -4.45. The van der Waals surface area contributed by atoms with Gasteiger partial charge in [0.15, 0.2) is 0 Å². The number of carboxylic acid groups (broad SMARTS) is 2. The minimum atomic E-state index is -1.22. The first-order chi connectivity index (χ1) is 22.6. The Morgan fingerprint density at radius 3 is 2.38 bits per heavy atom. The Balaban J connectivity index is 1.29. The van der Waals surface area contributed by atoms with Gasteiger partial charge in [-0.15, -0.1) is 0 Å². The standard InChI is InChI=1S/C35H34BrF2N3O6/c36-28-14-11-24(37)16-31(28)47-15-3-4-21-7-9-22(10-8-21)27-17-26-19-39(34(43)44)20-30(41(26)35(45)46)32(27)33(42)40(25-12-13-25)18-23-5-1-2-6-29(23)38/h1-2,5-11,14,16,25-26,30H,3-4,12-13,15,17-20H2,(H,43,44)(H,45,46)/t26-,30-/m1/s1. The highest BCUT2D eigenvalue weighted by Gasteiger charge is 2.49. The molecule has 9 nitrogen and oxygen atoms in total. The van der Waals surface area contributed by atoms with Crippen molar-refractivity contribution in [2.75, 3.05) is 19.7 Å². The van der Waals surface area contributed by atoms with Crippen LogP contribution < -0.4 is 4.74 Å². The molecule has 2 atom stereocenters. The summed E-state index contributed by atoms with van der Waals surface area (Å²) in [6.45, 7) is 0.206. The largest absolute Gasteiger partial charge is 0.492 e. The van der Waals surface area contributed by atoms with Crippen molar-refractivity contribution in [2.24, 2.45) is 0 Å². The second-order valence-electron chi connectivity index (χ2n) is 12.1. The molecule has 0 radical (unpaired) electrons. The molecule has 6 rings (SSSR count). The quantitative estimate of drug-likeness (QED) is 0.224. The van der Waals surface area contributed by atoms with Gasteiger partial charge in [-0.05, 0) is 82.9 Å². The van der Waals surface area contributed by atoms with Crippen molar-refractivity contribution < 1.29 is 38.1 Å². The Morgan fingerprint density at radius 1 is 0.957 bits per heavy atom. The van der Waals surface area contributed by atoms with Crippen LogP contribution in [-0.4, -0.2) is 80.8 Å². The lowest BCUT2D eigenvalue weighted by Gasteiger charge is -2.49. The van der Waals surface area contributed by atoms with Gasteiger partial charge in [-0.25, -0.2) is 18.4 Å². The van der Waals surface area contributed by atoms with Crippen LogP contribution in [0.15, 0.2) is 76.8 Å². The molecule has 1 saturated heterocycles. The van der Waals surface area contributed by atoms with Crippen LogP contribution in [0.3, 0.4) is 0 Å². The summed E-state index contributed by atoms with van der Waals surface area (Å²) >= 11 is 3.36. The van der Waals surface area contributed by atoms with Crippen LogP contribution >= 0.6 is 15.9 Å². The first-order valence-electron chi connectivity index (χ1n) is 15.5. The lowest BCUT2D eigenvalue weighted by atomic mass is 9.81. The van der Waals surface area contributed by atoms with Gasteiger partial charge in [0.1, 0.15) is 17.4 Å². The maximum atomic E-state index is 14.7. The number of ether oxygens (including phenoxy) is 1. The number of halogens is 3. The van der Waals surface area contributed by atoms with Crippen molar-refractivity contribution in [3.8, 4) is 5.75 Å². The molecular weight excluding hydrogens is 676 g/mol. The molecule has 2 bridgehead atoms. The smallest absolute Gasteiger partial charge is 0.408 e. The van der Waals surface area contributed by atoms with Crippen LogP contribution in [0.1, 0.15) is 42.4 Å². The Kier molecular flexibility index (Phi) is 9.49. The van der Waals surface area contributed by atoms with Crippen LogP contribution in [0.4, 0.5) is 18.4 Å². The number of rotatable bonds is 10.